The molecular formula is C8H17N2O+. The summed E-state index contributed by atoms with van der Waals surface area (Å²) in [6.07, 6.45) is 5.27. The molecule has 0 aliphatic rings. The lowest BCUT2D eigenvalue weighted by molar-refractivity contribution is -0.415. The van der Waals surface area contributed by atoms with Gasteiger partial charge in [-0.3, -0.25) is 9.79 Å². The number of unbranched alkanes of at least 4 members (excludes halogenated alkanes) is 2. The van der Waals surface area contributed by atoms with Crippen LogP contribution in [0.5, 0.6) is 0 Å². The van der Waals surface area contributed by atoms with Gasteiger partial charge in [-0.15, -0.1) is 0 Å². The van der Waals surface area contributed by atoms with Gasteiger partial charge in [0.25, 0.3) is 0 Å². The van der Waals surface area contributed by atoms with E-state index in [9.17, 15) is 4.79 Å². The van der Waals surface area contributed by atoms with E-state index in [1.54, 1.807) is 6.92 Å². The molecule has 0 radical (unpaired) electrons. The van der Waals surface area contributed by atoms with Crippen LogP contribution in [0.3, 0.4) is 0 Å². The van der Waals surface area contributed by atoms with Crippen LogP contribution < -0.4 is 10.3 Å². The lowest BCUT2D eigenvalue weighted by Gasteiger charge is -1.98. The van der Waals surface area contributed by atoms with Crippen molar-refractivity contribution in [2.24, 2.45) is 0 Å². The molecule has 3 nitrogen and oxygen atoms in total. The molecule has 0 aromatic heterocycles. The fourth-order valence-electron chi connectivity index (χ4n) is 0.780. The van der Waals surface area contributed by atoms with E-state index < -0.39 is 0 Å². The van der Waals surface area contributed by atoms with Crippen LogP contribution in [0.25, 0.3) is 0 Å². The van der Waals surface area contributed by atoms with Crippen LogP contribution in [-0.2, 0) is 4.79 Å². The van der Waals surface area contributed by atoms with E-state index in [1.165, 1.54) is 0 Å². The Hall–Kier alpha value is -0.860. The highest BCUT2D eigenvalue weighted by molar-refractivity contribution is 5.72. The molecule has 3 heteroatoms. The van der Waals surface area contributed by atoms with E-state index in [2.05, 4.69) is 10.3 Å². The van der Waals surface area contributed by atoms with E-state index in [-0.39, 0.29) is 5.91 Å². The average molecular weight is 159 g/mol. The molecule has 0 spiro atoms. The molecule has 64 valence electrons. The minimum absolute atomic E-state index is 0.0580. The standard InChI is InChI=1S/C8H16N2O/c1-8(11)10-7-5-3-4-6-9-2/h6H,3-5,7H2,1-2H3,(H,10,11)/p+1/i2+1,10+1. The normalized spacial score (nSPS) is 10.4. The van der Waals surface area contributed by atoms with Crippen LogP contribution in [0.15, 0.2) is 0 Å². The summed E-state index contributed by atoms with van der Waals surface area (Å²) >= 11 is 0. The van der Waals surface area contributed by atoms with Crippen molar-refractivity contribution in [2.75, 3.05) is 13.6 Å². The van der Waals surface area contributed by atoms with E-state index >= 15 is 0 Å². The smallest absolute Gasteiger partial charge is 0.216 e. The number of amides is 1. The topological polar surface area (TPSA) is 43.1 Å². The SMILES string of the molecule is CC(=O)[15NH]CCCCC=[NH+][13CH3]. The van der Waals surface area contributed by atoms with Crippen molar-refractivity contribution in [3.63, 3.8) is 0 Å². The number of carbonyl (C=O) groups is 1. The summed E-state index contributed by atoms with van der Waals surface area (Å²) in [5.74, 6) is 0.0580. The van der Waals surface area contributed by atoms with E-state index in [0.29, 0.717) is 0 Å². The lowest BCUT2D eigenvalue weighted by Crippen LogP contribution is -2.62. The van der Waals surface area contributed by atoms with E-state index in [1.807, 2.05) is 13.3 Å². The second-order valence-corrected chi connectivity index (χ2v) is 2.47. The van der Waals surface area contributed by atoms with E-state index in [0.717, 1.165) is 25.8 Å². The third-order valence-electron chi connectivity index (χ3n) is 1.35. The maximum absolute atomic E-state index is 10.4. The van der Waals surface area contributed by atoms with Crippen molar-refractivity contribution in [2.45, 2.75) is 26.2 Å². The second-order valence-electron chi connectivity index (χ2n) is 2.47. The second kappa shape index (κ2) is 7.25. The van der Waals surface area contributed by atoms with Crippen molar-refractivity contribution in [3.05, 3.63) is 0 Å². The first-order valence-electron chi connectivity index (χ1n) is 4.00. The molecule has 11 heavy (non-hydrogen) atoms. The molecule has 0 heterocycles. The number of hydrogen-bond donors (Lipinski definition) is 2. The minimum Gasteiger partial charge on any atom is -0.356 e. The molecule has 0 aliphatic heterocycles. The Morgan fingerprint density at radius 3 is 2.82 bits per heavy atom. The summed E-state index contributed by atoms with van der Waals surface area (Å²) in [6, 6.07) is 0. The first-order chi connectivity index (χ1) is 5.27. The summed E-state index contributed by atoms with van der Waals surface area (Å²) in [5.41, 5.74) is 0. The average Bonchev–Trinajstić information content (AvgIpc) is 1.96. The van der Waals surface area contributed by atoms with Gasteiger partial charge in [-0.05, 0) is 12.8 Å². The van der Waals surface area contributed by atoms with Crippen LogP contribution in [0, 0.1) is 0 Å². The van der Waals surface area contributed by atoms with Gasteiger partial charge in [-0.1, -0.05) is 0 Å². The molecule has 0 aromatic carbocycles. The van der Waals surface area contributed by atoms with Crippen molar-refractivity contribution in [1.82, 2.24) is 5.32 Å². The maximum Gasteiger partial charge on any atom is 0.216 e. The number of nitrogens with one attached hydrogen (secondary N) is 2. The van der Waals surface area contributed by atoms with Crippen molar-refractivity contribution in [3.8, 4) is 0 Å². The quantitative estimate of drug-likeness (QED) is 0.231. The molecule has 0 unspecified atom stereocenters. The molecule has 0 aliphatic carbocycles. The Bertz CT molecular complexity index is 132. The first kappa shape index (κ1) is 10.1. The van der Waals surface area contributed by atoms with Crippen molar-refractivity contribution in [1.29, 1.82) is 0 Å². The fourth-order valence-corrected chi connectivity index (χ4v) is 0.780. The number of carbonyl (C=O) groups excluding carboxylic acids is 1. The highest BCUT2D eigenvalue weighted by Gasteiger charge is 1.90. The predicted molar refractivity (Wildman–Crippen MR) is 45.5 cm³/mol. The van der Waals surface area contributed by atoms with Gasteiger partial charge in [0.1, 0.15) is 13.3 Å². The van der Waals surface area contributed by atoms with Crippen LogP contribution in [-0.4, -0.2) is 25.7 Å². The molecule has 0 saturated heterocycles. The van der Waals surface area contributed by atoms with Gasteiger partial charge in [-0.2, -0.15) is 0 Å². The fraction of sp³-hybridized carbons (Fsp3) is 0.750. The molecule has 2 N–H and O–H groups in total. The Labute approximate surface area is 67.9 Å². The number of hydrogen-bond acceptors (Lipinski definition) is 1. The molecule has 0 atom stereocenters. The summed E-state index contributed by atoms with van der Waals surface area (Å²) in [4.78, 5) is 13.4. The molecular weight excluding hydrogens is 142 g/mol. The highest BCUT2D eigenvalue weighted by atomic mass is 16.2. The van der Waals surface area contributed by atoms with Gasteiger partial charge < -0.3 is 5.32 Å². The van der Waals surface area contributed by atoms with E-state index in [4.69, 9.17) is 0 Å². The molecule has 1 amide bonds. The van der Waals surface area contributed by atoms with Crippen molar-refractivity contribution < 1.29 is 9.79 Å². The third kappa shape index (κ3) is 9.14. The zero-order valence-electron chi connectivity index (χ0n) is 7.31. The molecule has 0 aromatic rings. The summed E-state index contributed by atoms with van der Waals surface area (Å²) in [6.45, 7) is 2.34. The largest absolute Gasteiger partial charge is 0.356 e. The minimum atomic E-state index is 0.0580. The van der Waals surface area contributed by atoms with Crippen LogP contribution in [0.1, 0.15) is 26.2 Å². The monoisotopic (exact) mass is 159 g/mol. The van der Waals surface area contributed by atoms with Gasteiger partial charge >= 0.3 is 0 Å². The van der Waals surface area contributed by atoms with Gasteiger partial charge in [-0.25, -0.2) is 0 Å². The summed E-state index contributed by atoms with van der Waals surface area (Å²) in [5, 5.41) is 2.75. The summed E-state index contributed by atoms with van der Waals surface area (Å²) < 4.78 is 0. The zero-order valence-corrected chi connectivity index (χ0v) is 7.31. The third-order valence-corrected chi connectivity index (χ3v) is 1.35. The van der Waals surface area contributed by atoms with Crippen LogP contribution in [0.2, 0.25) is 0 Å². The summed E-state index contributed by atoms with van der Waals surface area (Å²) in [7, 11) is 1.90. The molecule has 0 rings (SSSR count). The molecule has 0 saturated carbocycles. The first-order valence-corrected chi connectivity index (χ1v) is 4.00. The predicted octanol–water partition coefficient (Wildman–Crippen LogP) is -0.926. The number of rotatable bonds is 5. The van der Waals surface area contributed by atoms with Crippen LogP contribution >= 0.6 is 0 Å². The Kier molecular flexibility index (Phi) is 6.68. The zero-order chi connectivity index (χ0) is 8.53. The maximum atomic E-state index is 10.4. The highest BCUT2D eigenvalue weighted by Crippen LogP contribution is 1.88. The van der Waals surface area contributed by atoms with Gasteiger partial charge in [0.05, 0.1) is 0 Å². The van der Waals surface area contributed by atoms with Gasteiger partial charge in [0.2, 0.25) is 5.91 Å². The Balaban J connectivity index is 2.96. The lowest BCUT2D eigenvalue weighted by atomic mass is 10.2. The van der Waals surface area contributed by atoms with Crippen LogP contribution in [0.4, 0.5) is 0 Å². The van der Waals surface area contributed by atoms with Gasteiger partial charge in [0, 0.05) is 19.9 Å². The molecule has 0 bridgehead atoms. The Morgan fingerprint density at radius 2 is 2.27 bits per heavy atom. The van der Waals surface area contributed by atoms with Crippen molar-refractivity contribution >= 4 is 12.1 Å². The Morgan fingerprint density at radius 1 is 1.55 bits per heavy atom. The van der Waals surface area contributed by atoms with Gasteiger partial charge in [0.15, 0.2) is 0 Å². The molecule has 0 fully saturated rings.